The number of benzene rings is 1. The lowest BCUT2D eigenvalue weighted by molar-refractivity contribution is -0.137. The second-order valence-corrected chi connectivity index (χ2v) is 11.8. The maximum absolute atomic E-state index is 14.1. The lowest BCUT2D eigenvalue weighted by Crippen LogP contribution is -2.56. The summed E-state index contributed by atoms with van der Waals surface area (Å²) in [6.45, 7) is 3.67. The number of halogens is 3. The molecule has 2 aromatic heterocycles. The molecule has 12 heteroatoms. The summed E-state index contributed by atoms with van der Waals surface area (Å²) < 4.78 is 49.8. The highest BCUT2D eigenvalue weighted by Gasteiger charge is 2.47. The Bertz CT molecular complexity index is 1310. The van der Waals surface area contributed by atoms with Gasteiger partial charge >= 0.3 is 6.18 Å². The van der Waals surface area contributed by atoms with E-state index in [-0.39, 0.29) is 22.9 Å². The highest BCUT2D eigenvalue weighted by Crippen LogP contribution is 2.44. The summed E-state index contributed by atoms with van der Waals surface area (Å²) in [5, 5.41) is 11.5. The number of hydrogen-bond acceptors (Lipinski definition) is 6. The first-order chi connectivity index (χ1) is 18.1. The SMILES string of the molecule is BC(B)(C1CCOCC1)N1C[C@H]2C[C@H](Nc3nnc(-c4ccc5c(c4)ncn5C)cc3C(F)(F)F)C[C@H]2C1. The van der Waals surface area contributed by atoms with Crippen LogP contribution in [0.3, 0.4) is 0 Å². The summed E-state index contributed by atoms with van der Waals surface area (Å²) in [6.07, 6.45) is 1.02. The maximum Gasteiger partial charge on any atom is 0.420 e. The van der Waals surface area contributed by atoms with E-state index in [2.05, 4.69) is 41.1 Å². The van der Waals surface area contributed by atoms with Crippen molar-refractivity contribution >= 4 is 32.5 Å². The molecule has 1 aliphatic carbocycles. The van der Waals surface area contributed by atoms with E-state index in [0.29, 0.717) is 28.8 Å². The molecule has 1 aromatic carbocycles. The van der Waals surface area contributed by atoms with Gasteiger partial charge in [0.2, 0.25) is 0 Å². The first kappa shape index (κ1) is 25.7. The van der Waals surface area contributed by atoms with Gasteiger partial charge in [-0.15, -0.1) is 10.2 Å². The van der Waals surface area contributed by atoms with E-state index in [1.807, 2.05) is 17.7 Å². The highest BCUT2D eigenvalue weighted by molar-refractivity contribution is 6.40. The van der Waals surface area contributed by atoms with Crippen LogP contribution < -0.4 is 5.32 Å². The minimum Gasteiger partial charge on any atom is -0.381 e. The quantitative estimate of drug-likeness (QED) is 0.518. The third-order valence-corrected chi connectivity index (χ3v) is 9.25. The molecule has 2 saturated heterocycles. The molecule has 3 fully saturated rings. The van der Waals surface area contributed by atoms with Crippen LogP contribution in [-0.4, -0.2) is 78.0 Å². The molecule has 0 amide bonds. The van der Waals surface area contributed by atoms with Crippen molar-refractivity contribution in [1.29, 1.82) is 0 Å². The number of anilines is 1. The van der Waals surface area contributed by atoms with Crippen molar-refractivity contribution in [3.8, 4) is 11.3 Å². The van der Waals surface area contributed by atoms with Crippen molar-refractivity contribution in [2.24, 2.45) is 24.8 Å². The summed E-state index contributed by atoms with van der Waals surface area (Å²) in [4.78, 5) is 6.92. The number of likely N-dealkylation sites (tertiary alicyclic amines) is 1. The molecule has 3 aliphatic rings. The molecule has 0 bridgehead atoms. The molecule has 38 heavy (non-hydrogen) atoms. The summed E-state index contributed by atoms with van der Waals surface area (Å²) >= 11 is 0. The Kier molecular flexibility index (Phi) is 6.45. The highest BCUT2D eigenvalue weighted by atomic mass is 19.4. The van der Waals surface area contributed by atoms with Gasteiger partial charge in [0.1, 0.15) is 21.3 Å². The molecule has 6 rings (SSSR count). The molecule has 1 saturated carbocycles. The van der Waals surface area contributed by atoms with E-state index in [1.54, 1.807) is 18.5 Å². The van der Waals surface area contributed by atoms with Gasteiger partial charge in [0.15, 0.2) is 5.82 Å². The Morgan fingerprint density at radius 1 is 1.03 bits per heavy atom. The summed E-state index contributed by atoms with van der Waals surface area (Å²) in [5.41, 5.74) is 1.57. The Hall–Kier alpha value is -2.59. The van der Waals surface area contributed by atoms with Crippen LogP contribution in [0.15, 0.2) is 30.6 Å². The molecule has 2 aliphatic heterocycles. The molecule has 0 unspecified atom stereocenters. The van der Waals surface area contributed by atoms with Crippen LogP contribution in [0.4, 0.5) is 19.0 Å². The normalized spacial score (nSPS) is 25.2. The zero-order valence-electron chi connectivity index (χ0n) is 22.1. The molecule has 3 atom stereocenters. The molecule has 1 N–H and O–H groups in total. The van der Waals surface area contributed by atoms with Crippen LogP contribution in [0.1, 0.15) is 31.2 Å². The summed E-state index contributed by atoms with van der Waals surface area (Å²) in [7, 11) is 6.56. The van der Waals surface area contributed by atoms with Gasteiger partial charge in [0.25, 0.3) is 0 Å². The predicted molar refractivity (Wildman–Crippen MR) is 145 cm³/mol. The third kappa shape index (κ3) is 4.70. The molecule has 0 spiro atoms. The predicted octanol–water partition coefficient (Wildman–Crippen LogP) is 2.52. The standard InChI is InChI=1S/C26H33B2F3N6O/c1-36-14-32-22-10-15(2-3-23(22)36)21-11-20(26(29,30)31)24(35-34-21)33-19-8-16-12-37(13-17(16)9-19)25(27,28)18-4-6-38-7-5-18/h2-3,10-11,14,16-19H,4-9,12-13,27-28H2,1H3,(H,33,35)/t16-,17+,19+. The number of ether oxygens (including phenoxy) is 1. The molecule has 3 aromatic rings. The van der Waals surface area contributed by atoms with Gasteiger partial charge in [0, 0.05) is 45.0 Å². The number of nitrogens with zero attached hydrogens (tertiary/aromatic N) is 5. The fourth-order valence-electron chi connectivity index (χ4n) is 6.89. The number of nitrogens with one attached hydrogen (secondary N) is 1. The molecule has 4 heterocycles. The molecular formula is C26H33B2F3N6O. The Labute approximate surface area is 222 Å². The largest absolute Gasteiger partial charge is 0.420 e. The first-order valence-corrected chi connectivity index (χ1v) is 13.6. The molecule has 7 nitrogen and oxygen atoms in total. The maximum atomic E-state index is 14.1. The number of rotatable bonds is 5. The fraction of sp³-hybridized carbons (Fsp3) is 0.577. The van der Waals surface area contributed by atoms with E-state index in [9.17, 15) is 13.2 Å². The van der Waals surface area contributed by atoms with Crippen LogP contribution in [0.2, 0.25) is 0 Å². The van der Waals surface area contributed by atoms with Crippen molar-refractivity contribution < 1.29 is 17.9 Å². The minimum absolute atomic E-state index is 0.0375. The first-order valence-electron chi connectivity index (χ1n) is 13.6. The van der Waals surface area contributed by atoms with E-state index in [1.165, 1.54) is 0 Å². The molecule has 0 radical (unpaired) electrons. The number of fused-ring (bicyclic) bond motifs is 2. The van der Waals surface area contributed by atoms with Gasteiger partial charge in [0.05, 0.1) is 23.1 Å². The zero-order valence-corrected chi connectivity index (χ0v) is 22.1. The lowest BCUT2D eigenvalue weighted by Gasteiger charge is -2.45. The van der Waals surface area contributed by atoms with Gasteiger partial charge in [-0.25, -0.2) is 4.98 Å². The Morgan fingerprint density at radius 2 is 1.74 bits per heavy atom. The summed E-state index contributed by atoms with van der Waals surface area (Å²) in [5.74, 6) is 1.41. The number of aryl methyl sites for hydroxylation is 1. The monoisotopic (exact) mass is 524 g/mol. The topological polar surface area (TPSA) is 68.1 Å². The number of aromatic nitrogens is 4. The van der Waals surface area contributed by atoms with Gasteiger partial charge in [-0.3, -0.25) is 0 Å². The van der Waals surface area contributed by atoms with Crippen molar-refractivity contribution in [3.05, 3.63) is 36.2 Å². The second-order valence-electron chi connectivity index (χ2n) is 11.8. The third-order valence-electron chi connectivity index (χ3n) is 9.25. The van der Waals surface area contributed by atoms with Gasteiger partial charge < -0.3 is 19.5 Å². The average Bonchev–Trinajstić information content (AvgIpc) is 3.57. The number of hydrogen-bond donors (Lipinski definition) is 1. The molecular weight excluding hydrogens is 491 g/mol. The van der Waals surface area contributed by atoms with E-state index < -0.39 is 11.7 Å². The van der Waals surface area contributed by atoms with Crippen LogP contribution in [-0.2, 0) is 18.0 Å². The van der Waals surface area contributed by atoms with Crippen LogP contribution >= 0.6 is 0 Å². The van der Waals surface area contributed by atoms with Gasteiger partial charge in [-0.2, -0.15) is 13.2 Å². The van der Waals surface area contributed by atoms with Gasteiger partial charge in [-0.05, 0) is 67.0 Å². The van der Waals surface area contributed by atoms with Crippen molar-refractivity contribution in [2.75, 3.05) is 31.6 Å². The second kappa shape index (κ2) is 9.55. The zero-order chi connectivity index (χ0) is 26.7. The minimum atomic E-state index is -4.54. The van der Waals surface area contributed by atoms with Crippen molar-refractivity contribution in [1.82, 2.24) is 24.6 Å². The van der Waals surface area contributed by atoms with Crippen LogP contribution in [0.5, 0.6) is 0 Å². The van der Waals surface area contributed by atoms with Gasteiger partial charge in [-0.1, -0.05) is 6.07 Å². The fourth-order valence-corrected chi connectivity index (χ4v) is 6.89. The molecule has 200 valence electrons. The van der Waals surface area contributed by atoms with Crippen LogP contribution in [0.25, 0.3) is 22.3 Å². The van der Waals surface area contributed by atoms with E-state index >= 15 is 0 Å². The van der Waals surface area contributed by atoms with Crippen molar-refractivity contribution in [2.45, 2.75) is 43.2 Å². The smallest absolute Gasteiger partial charge is 0.381 e. The number of imidazole rings is 1. The van der Waals surface area contributed by atoms with E-state index in [4.69, 9.17) is 4.74 Å². The number of alkyl halides is 3. The lowest BCUT2D eigenvalue weighted by atomic mass is 9.52. The van der Waals surface area contributed by atoms with Crippen molar-refractivity contribution in [3.63, 3.8) is 0 Å². The Balaban J connectivity index is 1.16. The van der Waals surface area contributed by atoms with Crippen LogP contribution in [0, 0.1) is 17.8 Å². The van der Waals surface area contributed by atoms with E-state index in [0.717, 1.165) is 63.6 Å². The Morgan fingerprint density at radius 3 is 2.42 bits per heavy atom. The summed E-state index contributed by atoms with van der Waals surface area (Å²) in [6, 6.07) is 6.41. The average molecular weight is 524 g/mol.